The molecule has 0 bridgehead atoms. The zero-order valence-corrected chi connectivity index (χ0v) is 14.1. The predicted molar refractivity (Wildman–Crippen MR) is 90.2 cm³/mol. The second-order valence-electron chi connectivity index (χ2n) is 5.65. The molecule has 0 spiro atoms. The molecule has 7 heteroatoms. The van der Waals surface area contributed by atoms with E-state index in [0.717, 1.165) is 30.2 Å². The van der Waals surface area contributed by atoms with Gasteiger partial charge in [-0.3, -0.25) is 4.79 Å². The molecule has 2 rings (SSSR count). The maximum atomic E-state index is 12.2. The van der Waals surface area contributed by atoms with Crippen molar-refractivity contribution in [3.05, 3.63) is 41.0 Å². The van der Waals surface area contributed by atoms with Crippen LogP contribution < -0.4 is 11.5 Å². The van der Waals surface area contributed by atoms with Crippen molar-refractivity contribution in [1.82, 2.24) is 0 Å². The molecule has 0 unspecified atom stereocenters. The van der Waals surface area contributed by atoms with Crippen LogP contribution in [0.4, 0.5) is 0 Å². The number of aryl methyl sites for hydroxylation is 1. The summed E-state index contributed by atoms with van der Waals surface area (Å²) in [6.45, 7) is 1.90. The Bertz CT molecular complexity index is 783. The van der Waals surface area contributed by atoms with E-state index in [2.05, 4.69) is 4.99 Å². The maximum Gasteiger partial charge on any atom is 0.280 e. The lowest BCUT2D eigenvalue weighted by Crippen LogP contribution is -2.24. The number of aliphatic imine (C=N–C) groups is 1. The molecular weight excluding hydrogens is 314 g/mol. The van der Waals surface area contributed by atoms with Gasteiger partial charge in [0.1, 0.15) is 0 Å². The summed E-state index contributed by atoms with van der Waals surface area (Å²) in [5.74, 6) is -0.845. The van der Waals surface area contributed by atoms with Crippen LogP contribution in [0.2, 0.25) is 0 Å². The third kappa shape index (κ3) is 3.79. The number of rotatable bonds is 4. The third-order valence-corrected chi connectivity index (χ3v) is 5.08. The summed E-state index contributed by atoms with van der Waals surface area (Å²) >= 11 is 0. The number of hydrogen-bond donors (Lipinski definition) is 2. The predicted octanol–water partition coefficient (Wildman–Crippen LogP) is 1.50. The lowest BCUT2D eigenvalue weighted by atomic mass is 9.92. The van der Waals surface area contributed by atoms with Crippen LogP contribution in [-0.4, -0.2) is 26.5 Å². The zero-order chi connectivity index (χ0) is 17.2. The number of allylic oxidation sites excluding steroid dienone is 2. The standard InChI is InChI=1S/C16H21N3O3S/c1-3-10-8-12(11-6-4-5-7-11)14(23(2,21)22)9-13(10)15(20)19-16(17)18/h4-5,8-9,11H,3,6-7H2,1-2H3,(H4,17,18,19,20). The first-order valence-electron chi connectivity index (χ1n) is 7.39. The second-order valence-corrected chi connectivity index (χ2v) is 7.64. The monoisotopic (exact) mass is 335 g/mol. The Morgan fingerprint density at radius 2 is 1.87 bits per heavy atom. The average Bonchev–Trinajstić information content (AvgIpc) is 2.98. The fourth-order valence-electron chi connectivity index (χ4n) is 2.82. The highest BCUT2D eigenvalue weighted by atomic mass is 32.2. The van der Waals surface area contributed by atoms with Crippen LogP contribution in [0, 0.1) is 0 Å². The Kier molecular flexibility index (Phi) is 4.89. The topological polar surface area (TPSA) is 116 Å². The van der Waals surface area contributed by atoms with Crippen LogP contribution in [0.5, 0.6) is 0 Å². The van der Waals surface area contributed by atoms with E-state index in [9.17, 15) is 13.2 Å². The van der Waals surface area contributed by atoms with Crippen molar-refractivity contribution in [2.75, 3.05) is 6.26 Å². The molecular formula is C16H21N3O3S. The molecule has 1 aliphatic carbocycles. The van der Waals surface area contributed by atoms with E-state index >= 15 is 0 Å². The molecule has 0 aromatic heterocycles. The highest BCUT2D eigenvalue weighted by Gasteiger charge is 2.25. The molecule has 1 aliphatic rings. The molecule has 124 valence electrons. The minimum atomic E-state index is -3.47. The molecule has 23 heavy (non-hydrogen) atoms. The first kappa shape index (κ1) is 17.2. The van der Waals surface area contributed by atoms with E-state index in [1.54, 1.807) is 0 Å². The molecule has 0 radical (unpaired) electrons. The molecule has 4 N–H and O–H groups in total. The number of nitrogens with two attached hydrogens (primary N) is 2. The number of sulfone groups is 1. The lowest BCUT2D eigenvalue weighted by Gasteiger charge is -2.18. The fraction of sp³-hybridized carbons (Fsp3) is 0.375. The van der Waals surface area contributed by atoms with Gasteiger partial charge in [0, 0.05) is 11.8 Å². The number of benzene rings is 1. The Morgan fingerprint density at radius 3 is 2.35 bits per heavy atom. The molecule has 1 aromatic carbocycles. The minimum absolute atomic E-state index is 0.122. The van der Waals surface area contributed by atoms with Gasteiger partial charge in [0.2, 0.25) is 0 Å². The summed E-state index contributed by atoms with van der Waals surface area (Å²) in [5.41, 5.74) is 12.2. The van der Waals surface area contributed by atoms with Crippen LogP contribution in [0.15, 0.2) is 34.2 Å². The summed E-state index contributed by atoms with van der Waals surface area (Å²) < 4.78 is 24.4. The van der Waals surface area contributed by atoms with E-state index in [1.807, 2.05) is 25.1 Å². The van der Waals surface area contributed by atoms with E-state index < -0.39 is 15.7 Å². The summed E-state index contributed by atoms with van der Waals surface area (Å²) in [6, 6.07) is 3.22. The van der Waals surface area contributed by atoms with Gasteiger partial charge >= 0.3 is 0 Å². The van der Waals surface area contributed by atoms with E-state index in [4.69, 9.17) is 11.5 Å². The van der Waals surface area contributed by atoms with Gasteiger partial charge in [-0.1, -0.05) is 25.1 Å². The Morgan fingerprint density at radius 1 is 1.26 bits per heavy atom. The van der Waals surface area contributed by atoms with Crippen LogP contribution in [-0.2, 0) is 16.3 Å². The zero-order valence-electron chi connectivity index (χ0n) is 13.2. The van der Waals surface area contributed by atoms with Gasteiger partial charge in [-0.05, 0) is 42.4 Å². The average molecular weight is 335 g/mol. The Balaban J connectivity index is 2.66. The summed E-state index contributed by atoms with van der Waals surface area (Å²) in [7, 11) is -3.47. The molecule has 1 aromatic rings. The highest BCUT2D eigenvalue weighted by molar-refractivity contribution is 7.90. The van der Waals surface area contributed by atoms with Crippen molar-refractivity contribution in [2.45, 2.75) is 37.0 Å². The van der Waals surface area contributed by atoms with Gasteiger partial charge in [0.15, 0.2) is 15.8 Å². The van der Waals surface area contributed by atoms with Crippen LogP contribution in [0.3, 0.4) is 0 Å². The molecule has 0 saturated carbocycles. The van der Waals surface area contributed by atoms with Gasteiger partial charge in [-0.15, -0.1) is 0 Å². The Labute approximate surface area is 136 Å². The van der Waals surface area contributed by atoms with Crippen LogP contribution in [0.1, 0.15) is 47.2 Å². The van der Waals surface area contributed by atoms with Crippen molar-refractivity contribution in [3.8, 4) is 0 Å². The summed E-state index contributed by atoms with van der Waals surface area (Å²) in [5, 5.41) is 0. The van der Waals surface area contributed by atoms with Crippen molar-refractivity contribution in [1.29, 1.82) is 0 Å². The quantitative estimate of drug-likeness (QED) is 0.491. The normalized spacial score (nSPS) is 14.9. The number of carbonyl (C=O) groups is 1. The smallest absolute Gasteiger partial charge is 0.280 e. The van der Waals surface area contributed by atoms with E-state index in [1.165, 1.54) is 6.07 Å². The highest BCUT2D eigenvalue weighted by Crippen LogP contribution is 2.35. The molecule has 0 fully saturated rings. The van der Waals surface area contributed by atoms with Gasteiger partial charge < -0.3 is 11.5 Å². The first-order chi connectivity index (χ1) is 10.7. The Hall–Kier alpha value is -2.15. The van der Waals surface area contributed by atoms with Crippen molar-refractivity contribution in [3.63, 3.8) is 0 Å². The van der Waals surface area contributed by atoms with Gasteiger partial charge in [-0.2, -0.15) is 4.99 Å². The van der Waals surface area contributed by atoms with Gasteiger partial charge in [-0.25, -0.2) is 8.42 Å². The largest absolute Gasteiger partial charge is 0.370 e. The molecule has 0 heterocycles. The van der Waals surface area contributed by atoms with Crippen LogP contribution >= 0.6 is 0 Å². The second kappa shape index (κ2) is 6.54. The number of carbonyl (C=O) groups excluding carboxylic acids is 1. The molecule has 1 amide bonds. The molecule has 0 atom stereocenters. The van der Waals surface area contributed by atoms with Crippen molar-refractivity contribution >= 4 is 21.7 Å². The van der Waals surface area contributed by atoms with Crippen molar-refractivity contribution < 1.29 is 13.2 Å². The fourth-order valence-corrected chi connectivity index (χ4v) is 3.81. The minimum Gasteiger partial charge on any atom is -0.370 e. The van der Waals surface area contributed by atoms with Gasteiger partial charge in [0.05, 0.1) is 4.90 Å². The third-order valence-electron chi connectivity index (χ3n) is 3.92. The first-order valence-corrected chi connectivity index (χ1v) is 9.29. The molecule has 6 nitrogen and oxygen atoms in total. The summed E-state index contributed by atoms with van der Waals surface area (Å²) in [6.07, 6.45) is 7.41. The molecule has 0 saturated heterocycles. The number of amides is 1. The number of hydrogen-bond acceptors (Lipinski definition) is 3. The SMILES string of the molecule is CCc1cc(C2CC=CC2)c(S(C)(=O)=O)cc1C(=O)N=C(N)N. The lowest BCUT2D eigenvalue weighted by molar-refractivity contribution is 0.100. The van der Waals surface area contributed by atoms with Gasteiger partial charge in [0.25, 0.3) is 5.91 Å². The molecule has 0 aliphatic heterocycles. The maximum absolute atomic E-state index is 12.2. The van der Waals surface area contributed by atoms with Crippen LogP contribution in [0.25, 0.3) is 0 Å². The number of nitrogens with zero attached hydrogens (tertiary/aromatic N) is 1. The van der Waals surface area contributed by atoms with E-state index in [-0.39, 0.29) is 22.3 Å². The summed E-state index contributed by atoms with van der Waals surface area (Å²) in [4.78, 5) is 15.9. The number of guanidine groups is 1. The van der Waals surface area contributed by atoms with Crippen molar-refractivity contribution in [2.24, 2.45) is 16.5 Å². The van der Waals surface area contributed by atoms with E-state index in [0.29, 0.717) is 6.42 Å².